The summed E-state index contributed by atoms with van der Waals surface area (Å²) < 4.78 is 33.6. The molecule has 3 atom stereocenters. The normalized spacial score (nSPS) is 24.0. The molecule has 1 aliphatic rings. The van der Waals surface area contributed by atoms with Crippen LogP contribution >= 0.6 is 0 Å². The third-order valence-corrected chi connectivity index (χ3v) is 4.00. The molecule has 144 valence electrons. The van der Waals surface area contributed by atoms with Crippen molar-refractivity contribution in [1.29, 1.82) is 0 Å². The summed E-state index contributed by atoms with van der Waals surface area (Å²) in [5.41, 5.74) is -0.412. The van der Waals surface area contributed by atoms with Gasteiger partial charge < -0.3 is 20.3 Å². The van der Waals surface area contributed by atoms with E-state index in [4.69, 9.17) is 9.84 Å². The van der Waals surface area contributed by atoms with E-state index in [-0.39, 0.29) is 11.5 Å². The molecule has 3 N–H and O–H groups in total. The fourth-order valence-corrected chi connectivity index (χ4v) is 2.63. The van der Waals surface area contributed by atoms with Gasteiger partial charge in [-0.15, -0.1) is 0 Å². The van der Waals surface area contributed by atoms with Crippen LogP contribution in [0.5, 0.6) is 0 Å². The summed E-state index contributed by atoms with van der Waals surface area (Å²) in [7, 11) is 0. The van der Waals surface area contributed by atoms with E-state index in [0.717, 1.165) is 12.3 Å². The summed E-state index contributed by atoms with van der Waals surface area (Å²) in [6.07, 6.45) is -4.98. The number of pyridine rings is 1. The predicted octanol–water partition coefficient (Wildman–Crippen LogP) is 0.0849. The monoisotopic (exact) mass is 382 g/mol. The van der Waals surface area contributed by atoms with Crippen molar-refractivity contribution in [2.45, 2.75) is 31.3 Å². The Bertz CT molecular complexity index is 920. The number of aromatic nitrogens is 3. The Morgan fingerprint density at radius 1 is 1.37 bits per heavy atom. The number of aryl methyl sites for hydroxylation is 1. The first-order valence-corrected chi connectivity index (χ1v) is 7.90. The van der Waals surface area contributed by atoms with Crippen LogP contribution < -0.4 is 11.0 Å². The van der Waals surface area contributed by atoms with Crippen molar-refractivity contribution >= 4 is 11.7 Å². The quantitative estimate of drug-likeness (QED) is 0.684. The number of rotatable bonds is 4. The van der Waals surface area contributed by atoms with Gasteiger partial charge in [-0.3, -0.25) is 9.36 Å². The highest BCUT2D eigenvalue weighted by Gasteiger charge is 2.59. The summed E-state index contributed by atoms with van der Waals surface area (Å²) >= 11 is 0. The standard InChI is InChI=1S/C16H16F2N4O5/c1-8-3-2-4-9(19-8)13(25)20-11-5-6-22(15(26)21-11)14-16(17,18)12(24)10(7-23)27-14/h2-6,10,12,14,23-24H,7H2,1H3,(H,20,21,25,26)/t10-,12-,14-/m1/s1. The maximum atomic E-state index is 14.1. The SMILES string of the molecule is Cc1cccc(C(=O)Nc2ccn([C@@H]3O[C@H](CO)[C@@H](O)C3(F)F)c(=O)n2)n1. The topological polar surface area (TPSA) is 127 Å². The summed E-state index contributed by atoms with van der Waals surface area (Å²) in [5.74, 6) is -4.60. The van der Waals surface area contributed by atoms with Crippen molar-refractivity contribution in [3.63, 3.8) is 0 Å². The van der Waals surface area contributed by atoms with E-state index in [1.807, 2.05) is 0 Å². The molecule has 1 amide bonds. The van der Waals surface area contributed by atoms with Crippen molar-refractivity contribution in [1.82, 2.24) is 14.5 Å². The molecule has 0 aromatic carbocycles. The van der Waals surface area contributed by atoms with Crippen LogP contribution in [0.2, 0.25) is 0 Å². The molecule has 2 aromatic heterocycles. The molecule has 0 bridgehead atoms. The van der Waals surface area contributed by atoms with Crippen LogP contribution in [0.1, 0.15) is 22.4 Å². The zero-order valence-electron chi connectivity index (χ0n) is 14.0. The molecule has 0 spiro atoms. The first kappa shape index (κ1) is 19.0. The fourth-order valence-electron chi connectivity index (χ4n) is 2.63. The number of nitrogens with zero attached hydrogens (tertiary/aromatic N) is 3. The van der Waals surface area contributed by atoms with Gasteiger partial charge in [0.2, 0.25) is 6.23 Å². The van der Waals surface area contributed by atoms with E-state index >= 15 is 0 Å². The maximum Gasteiger partial charge on any atom is 0.351 e. The van der Waals surface area contributed by atoms with Gasteiger partial charge in [-0.2, -0.15) is 13.8 Å². The second kappa shape index (κ2) is 7.10. The molecule has 0 radical (unpaired) electrons. The Hall–Kier alpha value is -2.76. The van der Waals surface area contributed by atoms with Gasteiger partial charge in [0.25, 0.3) is 5.91 Å². The van der Waals surface area contributed by atoms with E-state index in [0.29, 0.717) is 10.3 Å². The molecule has 0 unspecified atom stereocenters. The third-order valence-electron chi connectivity index (χ3n) is 4.00. The number of aliphatic hydroxyl groups excluding tert-OH is 2. The minimum Gasteiger partial charge on any atom is -0.394 e. The molecule has 1 aliphatic heterocycles. The van der Waals surface area contributed by atoms with Crippen LogP contribution in [0.25, 0.3) is 0 Å². The van der Waals surface area contributed by atoms with Crippen molar-refractivity contribution in [2.75, 3.05) is 11.9 Å². The van der Waals surface area contributed by atoms with Gasteiger partial charge in [-0.1, -0.05) is 6.07 Å². The molecular formula is C16H16F2N4O5. The number of ether oxygens (including phenoxy) is 1. The lowest BCUT2D eigenvalue weighted by Gasteiger charge is -2.21. The van der Waals surface area contributed by atoms with Crippen LogP contribution in [0.15, 0.2) is 35.3 Å². The number of amides is 1. The van der Waals surface area contributed by atoms with Gasteiger partial charge in [-0.25, -0.2) is 9.78 Å². The maximum absolute atomic E-state index is 14.1. The highest BCUT2D eigenvalue weighted by molar-refractivity contribution is 6.02. The smallest absolute Gasteiger partial charge is 0.351 e. The van der Waals surface area contributed by atoms with Crippen LogP contribution in [0, 0.1) is 6.92 Å². The number of alkyl halides is 2. The zero-order chi connectivity index (χ0) is 19.8. The Labute approximate surface area is 151 Å². The summed E-state index contributed by atoms with van der Waals surface area (Å²) in [5, 5.41) is 20.9. The summed E-state index contributed by atoms with van der Waals surface area (Å²) in [6, 6.07) is 5.93. The molecule has 2 aromatic rings. The van der Waals surface area contributed by atoms with E-state index in [1.165, 1.54) is 6.07 Å². The molecule has 1 fully saturated rings. The number of carbonyl (C=O) groups excluding carboxylic acids is 1. The van der Waals surface area contributed by atoms with Gasteiger partial charge in [-0.05, 0) is 25.1 Å². The Morgan fingerprint density at radius 2 is 2.11 bits per heavy atom. The molecule has 9 nitrogen and oxygen atoms in total. The van der Waals surface area contributed by atoms with Crippen molar-refractivity contribution < 1.29 is 28.5 Å². The lowest BCUT2D eigenvalue weighted by molar-refractivity contribution is -0.140. The molecule has 27 heavy (non-hydrogen) atoms. The number of hydrogen-bond acceptors (Lipinski definition) is 7. The van der Waals surface area contributed by atoms with Crippen molar-refractivity contribution in [2.24, 2.45) is 0 Å². The molecule has 3 rings (SSSR count). The van der Waals surface area contributed by atoms with E-state index < -0.39 is 42.6 Å². The van der Waals surface area contributed by atoms with E-state index in [2.05, 4.69) is 15.3 Å². The predicted molar refractivity (Wildman–Crippen MR) is 87.4 cm³/mol. The highest BCUT2D eigenvalue weighted by Crippen LogP contribution is 2.41. The first-order chi connectivity index (χ1) is 12.7. The lowest BCUT2D eigenvalue weighted by Crippen LogP contribution is -2.41. The van der Waals surface area contributed by atoms with Crippen molar-refractivity contribution in [3.8, 4) is 0 Å². The van der Waals surface area contributed by atoms with Crippen molar-refractivity contribution in [3.05, 3.63) is 52.3 Å². The minimum absolute atomic E-state index is 0.0977. The average Bonchev–Trinajstić information content (AvgIpc) is 2.85. The third kappa shape index (κ3) is 3.56. The van der Waals surface area contributed by atoms with Gasteiger partial charge in [0.15, 0.2) is 6.10 Å². The average molecular weight is 382 g/mol. The Balaban J connectivity index is 1.82. The highest BCUT2D eigenvalue weighted by atomic mass is 19.3. The molecular weight excluding hydrogens is 366 g/mol. The number of halogens is 2. The zero-order valence-corrected chi connectivity index (χ0v) is 14.0. The minimum atomic E-state index is -3.81. The number of carbonyl (C=O) groups is 1. The molecule has 3 heterocycles. The number of hydrogen-bond donors (Lipinski definition) is 3. The number of nitrogens with one attached hydrogen (secondary N) is 1. The van der Waals surface area contributed by atoms with Gasteiger partial charge >= 0.3 is 11.6 Å². The van der Waals surface area contributed by atoms with Crippen LogP contribution in [-0.2, 0) is 4.74 Å². The largest absolute Gasteiger partial charge is 0.394 e. The van der Waals surface area contributed by atoms with Crippen LogP contribution in [0.3, 0.4) is 0 Å². The Kier molecular flexibility index (Phi) is 5.00. The first-order valence-electron chi connectivity index (χ1n) is 7.90. The number of anilines is 1. The van der Waals surface area contributed by atoms with Gasteiger partial charge in [0.05, 0.1) is 6.61 Å². The van der Waals surface area contributed by atoms with E-state index in [1.54, 1.807) is 19.1 Å². The van der Waals surface area contributed by atoms with Gasteiger partial charge in [0.1, 0.15) is 17.6 Å². The molecule has 0 saturated carbocycles. The number of aliphatic hydroxyl groups is 2. The second-order valence-corrected chi connectivity index (χ2v) is 5.95. The van der Waals surface area contributed by atoms with E-state index in [9.17, 15) is 23.5 Å². The van der Waals surface area contributed by atoms with Crippen LogP contribution in [-0.4, -0.2) is 55.4 Å². The molecule has 11 heteroatoms. The second-order valence-electron chi connectivity index (χ2n) is 5.95. The molecule has 1 saturated heterocycles. The summed E-state index contributed by atoms with van der Waals surface area (Å²) in [4.78, 5) is 31.8. The lowest BCUT2D eigenvalue weighted by atomic mass is 10.1. The Morgan fingerprint density at radius 3 is 2.70 bits per heavy atom. The molecule has 0 aliphatic carbocycles. The van der Waals surface area contributed by atoms with Gasteiger partial charge in [0, 0.05) is 11.9 Å². The fraction of sp³-hybridized carbons (Fsp3) is 0.375. The van der Waals surface area contributed by atoms with Crippen LogP contribution in [0.4, 0.5) is 14.6 Å². The summed E-state index contributed by atoms with van der Waals surface area (Å²) in [6.45, 7) is 0.860.